The van der Waals surface area contributed by atoms with Crippen molar-refractivity contribution in [1.82, 2.24) is 0 Å². The van der Waals surface area contributed by atoms with Gasteiger partial charge < -0.3 is 0 Å². The fraction of sp³-hybridized carbons (Fsp3) is 0.600. The summed E-state index contributed by atoms with van der Waals surface area (Å²) in [7, 11) is 0. The zero-order valence-corrected chi connectivity index (χ0v) is 8.22. The first kappa shape index (κ1) is 10.5. The summed E-state index contributed by atoms with van der Waals surface area (Å²) in [6.45, 7) is 1.02. The first-order valence-corrected chi connectivity index (χ1v) is 4.21. The van der Waals surface area contributed by atoms with Crippen LogP contribution in [-0.2, 0) is 0 Å². The minimum absolute atomic E-state index is 0.415. The molecule has 60 valence electrons. The van der Waals surface area contributed by atoms with E-state index in [0.717, 1.165) is 13.0 Å². The monoisotopic (exact) mass is 280 g/mol. The smallest absolute Gasteiger partial charge is 0.167 e. The van der Waals surface area contributed by atoms with Crippen LogP contribution in [0.5, 0.6) is 0 Å². The SMILES string of the molecule is CC(=CC(Br)Br)C(F)(F)F. The van der Waals surface area contributed by atoms with Crippen LogP contribution < -0.4 is 0 Å². The Morgan fingerprint density at radius 3 is 1.90 bits per heavy atom. The van der Waals surface area contributed by atoms with Gasteiger partial charge in [0.15, 0.2) is 0 Å². The molecule has 0 fully saturated rings. The molecule has 0 unspecified atom stereocenters. The Morgan fingerprint density at radius 2 is 1.80 bits per heavy atom. The summed E-state index contributed by atoms with van der Waals surface area (Å²) in [6.07, 6.45) is -3.17. The largest absolute Gasteiger partial charge is 0.412 e. The number of halogens is 5. The fourth-order valence-corrected chi connectivity index (χ4v) is 1.08. The molecule has 0 aliphatic carbocycles. The minimum Gasteiger partial charge on any atom is -0.167 e. The van der Waals surface area contributed by atoms with Crippen LogP contribution in [0, 0.1) is 0 Å². The second-order valence-electron chi connectivity index (χ2n) is 1.68. The van der Waals surface area contributed by atoms with Crippen molar-refractivity contribution in [2.24, 2.45) is 0 Å². The summed E-state index contributed by atoms with van der Waals surface area (Å²) < 4.78 is 34.7. The van der Waals surface area contributed by atoms with E-state index < -0.39 is 15.5 Å². The van der Waals surface area contributed by atoms with Gasteiger partial charge in [0, 0.05) is 5.57 Å². The molecule has 0 aliphatic rings. The molecule has 0 heterocycles. The van der Waals surface area contributed by atoms with Crippen molar-refractivity contribution in [3.63, 3.8) is 0 Å². The highest BCUT2D eigenvalue weighted by molar-refractivity contribution is 9.24. The van der Waals surface area contributed by atoms with Crippen LogP contribution in [0.1, 0.15) is 6.92 Å². The van der Waals surface area contributed by atoms with Gasteiger partial charge in [0.25, 0.3) is 0 Å². The summed E-state index contributed by atoms with van der Waals surface area (Å²) in [5.74, 6) is 0. The topological polar surface area (TPSA) is 0 Å². The maximum absolute atomic E-state index is 11.7. The van der Waals surface area contributed by atoms with Gasteiger partial charge in [0.05, 0.1) is 3.74 Å². The van der Waals surface area contributed by atoms with E-state index in [1.807, 2.05) is 0 Å². The maximum Gasteiger partial charge on any atom is 0.412 e. The van der Waals surface area contributed by atoms with Crippen molar-refractivity contribution >= 4 is 31.9 Å². The van der Waals surface area contributed by atoms with Crippen molar-refractivity contribution in [2.45, 2.75) is 16.8 Å². The van der Waals surface area contributed by atoms with Crippen LogP contribution in [-0.4, -0.2) is 9.91 Å². The number of hydrogen-bond acceptors (Lipinski definition) is 0. The summed E-state index contributed by atoms with van der Waals surface area (Å²) in [4.78, 5) is 0. The second kappa shape index (κ2) is 3.76. The molecule has 0 atom stereocenters. The zero-order valence-electron chi connectivity index (χ0n) is 5.04. The second-order valence-corrected chi connectivity index (χ2v) is 4.88. The predicted molar refractivity (Wildman–Crippen MR) is 41.5 cm³/mol. The Labute approximate surface area is 73.7 Å². The third-order valence-electron chi connectivity index (χ3n) is 0.823. The van der Waals surface area contributed by atoms with Crippen LogP contribution in [0.15, 0.2) is 11.6 Å². The van der Waals surface area contributed by atoms with Crippen molar-refractivity contribution < 1.29 is 13.2 Å². The summed E-state index contributed by atoms with van der Waals surface area (Å²) in [6, 6.07) is 0. The molecule has 0 bridgehead atoms. The lowest BCUT2D eigenvalue weighted by molar-refractivity contribution is -0.0914. The Hall–Kier alpha value is 0.490. The molecule has 0 radical (unpaired) electrons. The third-order valence-corrected chi connectivity index (χ3v) is 1.35. The van der Waals surface area contributed by atoms with Gasteiger partial charge in [-0.2, -0.15) is 13.2 Å². The average Bonchev–Trinajstić information content (AvgIpc) is 1.60. The molecule has 0 saturated carbocycles. The third kappa shape index (κ3) is 4.33. The molecule has 10 heavy (non-hydrogen) atoms. The van der Waals surface area contributed by atoms with Gasteiger partial charge in [-0.05, 0) is 6.92 Å². The van der Waals surface area contributed by atoms with Crippen LogP contribution in [0.2, 0.25) is 0 Å². The quantitative estimate of drug-likeness (QED) is 0.509. The van der Waals surface area contributed by atoms with Crippen LogP contribution >= 0.6 is 31.9 Å². The molecule has 0 aromatic carbocycles. The van der Waals surface area contributed by atoms with Gasteiger partial charge in [0.2, 0.25) is 0 Å². The highest BCUT2D eigenvalue weighted by atomic mass is 79.9. The molecule has 0 spiro atoms. The number of rotatable bonds is 1. The van der Waals surface area contributed by atoms with Gasteiger partial charge in [-0.25, -0.2) is 0 Å². The Morgan fingerprint density at radius 1 is 1.40 bits per heavy atom. The van der Waals surface area contributed by atoms with Gasteiger partial charge in [-0.1, -0.05) is 37.9 Å². The molecular formula is C5H5Br2F3. The Kier molecular flexibility index (Phi) is 3.94. The van der Waals surface area contributed by atoms with Crippen molar-refractivity contribution in [1.29, 1.82) is 0 Å². The number of allylic oxidation sites excluding steroid dienone is 2. The summed E-state index contributed by atoms with van der Waals surface area (Å²) in [5, 5.41) is 0. The van der Waals surface area contributed by atoms with E-state index in [1.54, 1.807) is 0 Å². The Balaban J connectivity index is 4.20. The van der Waals surface area contributed by atoms with E-state index in [4.69, 9.17) is 0 Å². The number of hydrogen-bond donors (Lipinski definition) is 0. The lowest BCUT2D eigenvalue weighted by Crippen LogP contribution is -2.09. The van der Waals surface area contributed by atoms with Crippen LogP contribution in [0.4, 0.5) is 13.2 Å². The lowest BCUT2D eigenvalue weighted by atomic mass is 10.3. The fourth-order valence-electron chi connectivity index (χ4n) is 0.283. The van der Waals surface area contributed by atoms with E-state index >= 15 is 0 Å². The average molecular weight is 282 g/mol. The van der Waals surface area contributed by atoms with E-state index in [-0.39, 0.29) is 0 Å². The first-order chi connectivity index (χ1) is 4.34. The predicted octanol–water partition coefficient (Wildman–Crippen LogP) is 3.61. The molecule has 0 amide bonds. The first-order valence-electron chi connectivity index (χ1n) is 2.38. The normalized spacial score (nSPS) is 14.5. The van der Waals surface area contributed by atoms with E-state index in [1.165, 1.54) is 0 Å². The van der Waals surface area contributed by atoms with Gasteiger partial charge in [-0.3, -0.25) is 0 Å². The van der Waals surface area contributed by atoms with E-state index in [2.05, 4.69) is 31.9 Å². The molecule has 0 saturated heterocycles. The number of alkyl halides is 5. The minimum atomic E-state index is -4.21. The molecule has 0 aromatic heterocycles. The highest BCUT2D eigenvalue weighted by Gasteiger charge is 2.29. The van der Waals surface area contributed by atoms with E-state index in [9.17, 15) is 13.2 Å². The zero-order chi connectivity index (χ0) is 8.36. The molecule has 0 aromatic rings. The van der Waals surface area contributed by atoms with Crippen molar-refractivity contribution in [3.05, 3.63) is 11.6 Å². The van der Waals surface area contributed by atoms with Gasteiger partial charge in [0.1, 0.15) is 0 Å². The lowest BCUT2D eigenvalue weighted by Gasteiger charge is -2.05. The summed E-state index contributed by atoms with van der Waals surface area (Å²) in [5.41, 5.74) is -0.605. The molecule has 0 N–H and O–H groups in total. The molecule has 0 nitrogen and oxygen atoms in total. The van der Waals surface area contributed by atoms with Crippen molar-refractivity contribution in [2.75, 3.05) is 0 Å². The highest BCUT2D eigenvalue weighted by Crippen LogP contribution is 2.27. The van der Waals surface area contributed by atoms with Crippen molar-refractivity contribution in [3.8, 4) is 0 Å². The molecule has 0 aliphatic heterocycles. The standard InChI is InChI=1S/C5H5Br2F3/c1-3(2-4(6)7)5(8,9)10/h2,4H,1H3. The molecular weight excluding hydrogens is 277 g/mol. The van der Waals surface area contributed by atoms with Gasteiger partial charge in [-0.15, -0.1) is 0 Å². The van der Waals surface area contributed by atoms with Crippen LogP contribution in [0.3, 0.4) is 0 Å². The summed E-state index contributed by atoms with van der Waals surface area (Å²) >= 11 is 5.82. The maximum atomic E-state index is 11.7. The van der Waals surface area contributed by atoms with Crippen LogP contribution in [0.25, 0.3) is 0 Å². The molecule has 0 rings (SSSR count). The van der Waals surface area contributed by atoms with E-state index in [0.29, 0.717) is 0 Å². The molecule has 5 heteroatoms. The van der Waals surface area contributed by atoms with Gasteiger partial charge >= 0.3 is 6.18 Å². The Bertz CT molecular complexity index is 136.